The molecule has 0 aromatic carbocycles. The Morgan fingerprint density at radius 1 is 0.862 bits per heavy atom. The van der Waals surface area contributed by atoms with Crippen LogP contribution in [0.5, 0.6) is 0 Å². The predicted octanol–water partition coefficient (Wildman–Crippen LogP) is 6.90. The Labute approximate surface area is 182 Å². The molecule has 2 rings (SSSR count). The SMILES string of the molecule is CCO[Si](OCC)C(C)(CC)C(=O)O[Si](C1CCCC1)(C1CCCC1)C(C)(C)C. The van der Waals surface area contributed by atoms with Crippen molar-refractivity contribution >= 4 is 23.6 Å². The van der Waals surface area contributed by atoms with Crippen LogP contribution in [0.15, 0.2) is 0 Å². The third kappa shape index (κ3) is 5.02. The van der Waals surface area contributed by atoms with E-state index in [9.17, 15) is 4.79 Å². The molecule has 6 heteroatoms. The highest BCUT2D eigenvalue weighted by atomic mass is 28.4. The van der Waals surface area contributed by atoms with Gasteiger partial charge in [0.2, 0.25) is 0 Å². The van der Waals surface area contributed by atoms with Gasteiger partial charge in [0.05, 0.1) is 0 Å². The maximum Gasteiger partial charge on any atom is 0.402 e. The van der Waals surface area contributed by atoms with E-state index in [-0.39, 0.29) is 11.0 Å². The Bertz CT molecular complexity index is 499. The summed E-state index contributed by atoms with van der Waals surface area (Å²) < 4.78 is 19.0. The fourth-order valence-electron chi connectivity index (χ4n) is 5.85. The number of carbonyl (C=O) groups excluding carboxylic acids is 1. The van der Waals surface area contributed by atoms with E-state index in [2.05, 4.69) is 27.7 Å². The van der Waals surface area contributed by atoms with E-state index in [1.54, 1.807) is 0 Å². The van der Waals surface area contributed by atoms with E-state index in [1.807, 2.05) is 20.8 Å². The summed E-state index contributed by atoms with van der Waals surface area (Å²) in [5.74, 6) is -0.0313. The van der Waals surface area contributed by atoms with Crippen molar-refractivity contribution in [2.75, 3.05) is 13.2 Å². The minimum atomic E-state index is -2.36. The van der Waals surface area contributed by atoms with Crippen molar-refractivity contribution < 1.29 is 18.1 Å². The molecule has 0 N–H and O–H groups in total. The van der Waals surface area contributed by atoms with Crippen LogP contribution in [0.2, 0.25) is 21.2 Å². The minimum Gasteiger partial charge on any atom is -0.518 e. The summed E-state index contributed by atoms with van der Waals surface area (Å²) in [5.41, 5.74) is 1.20. The van der Waals surface area contributed by atoms with Gasteiger partial charge < -0.3 is 13.3 Å². The maximum atomic E-state index is 13.9. The molecular weight excluding hydrogens is 396 g/mol. The summed E-state index contributed by atoms with van der Waals surface area (Å²) in [6.45, 7) is 16.3. The van der Waals surface area contributed by atoms with Crippen molar-refractivity contribution in [2.24, 2.45) is 0 Å². The van der Waals surface area contributed by atoms with Gasteiger partial charge in [-0.1, -0.05) is 53.4 Å². The molecule has 0 aromatic rings. The number of carbonyl (C=O) groups is 1. The van der Waals surface area contributed by atoms with Crippen molar-refractivity contribution in [1.29, 1.82) is 0 Å². The van der Waals surface area contributed by atoms with Gasteiger partial charge in [0.1, 0.15) is 5.04 Å². The summed E-state index contributed by atoms with van der Waals surface area (Å²) in [6, 6.07) is 0. The van der Waals surface area contributed by atoms with Gasteiger partial charge in [-0.15, -0.1) is 0 Å². The second kappa shape index (κ2) is 10.4. The average molecular weight is 442 g/mol. The molecule has 0 saturated heterocycles. The van der Waals surface area contributed by atoms with Gasteiger partial charge in [-0.3, -0.25) is 4.79 Å². The Morgan fingerprint density at radius 2 is 1.28 bits per heavy atom. The zero-order valence-corrected chi connectivity index (χ0v) is 22.1. The molecule has 0 amide bonds. The van der Waals surface area contributed by atoms with Crippen LogP contribution in [-0.2, 0) is 18.1 Å². The molecule has 2 aliphatic carbocycles. The molecule has 4 nitrogen and oxygen atoms in total. The highest BCUT2D eigenvalue weighted by molar-refractivity contribution is 6.81. The largest absolute Gasteiger partial charge is 0.518 e. The second-order valence-corrected chi connectivity index (χ2v) is 17.4. The van der Waals surface area contributed by atoms with Crippen LogP contribution in [-0.4, -0.2) is 36.8 Å². The normalized spacial score (nSPS) is 21.7. The van der Waals surface area contributed by atoms with Crippen LogP contribution < -0.4 is 0 Å². The van der Waals surface area contributed by atoms with Gasteiger partial charge in [-0.25, -0.2) is 0 Å². The highest BCUT2D eigenvalue weighted by Crippen LogP contribution is 2.60. The molecule has 2 fully saturated rings. The van der Waals surface area contributed by atoms with Gasteiger partial charge in [-0.2, -0.15) is 0 Å². The Morgan fingerprint density at radius 3 is 1.59 bits per heavy atom. The maximum absolute atomic E-state index is 13.9. The molecule has 1 unspecified atom stereocenters. The van der Waals surface area contributed by atoms with Gasteiger partial charge in [0.25, 0.3) is 14.3 Å². The Hall–Kier alpha value is -0.176. The first-order valence-electron chi connectivity index (χ1n) is 12.0. The molecule has 1 atom stereocenters. The molecule has 1 radical (unpaired) electrons. The fraction of sp³-hybridized carbons (Fsp3) is 0.957. The summed E-state index contributed by atoms with van der Waals surface area (Å²) >= 11 is 0. The standard InChI is InChI=1S/C23H45O4Si2/c1-8-23(7,28(25-9-2)26-10-3)21(24)27-29(22(4,5)6,19-15-11-12-16-19)20-17-13-14-18-20/h19-20H,8-18H2,1-7H3. The van der Waals surface area contributed by atoms with Gasteiger partial charge in [-0.05, 0) is 69.0 Å². The van der Waals surface area contributed by atoms with Crippen molar-refractivity contribution in [3.8, 4) is 0 Å². The van der Waals surface area contributed by atoms with Gasteiger partial charge in [0, 0.05) is 13.2 Å². The van der Waals surface area contributed by atoms with Crippen molar-refractivity contribution in [1.82, 2.24) is 0 Å². The fourth-order valence-corrected chi connectivity index (χ4v) is 14.5. The summed E-state index contributed by atoms with van der Waals surface area (Å²) in [4.78, 5) is 13.9. The monoisotopic (exact) mass is 441 g/mol. The van der Waals surface area contributed by atoms with Crippen LogP contribution in [0.1, 0.15) is 106 Å². The number of hydrogen-bond acceptors (Lipinski definition) is 4. The molecule has 0 aliphatic heterocycles. The predicted molar refractivity (Wildman–Crippen MR) is 124 cm³/mol. The summed E-state index contributed by atoms with van der Waals surface area (Å²) in [7, 11) is -4.10. The van der Waals surface area contributed by atoms with Crippen molar-refractivity contribution in [3.63, 3.8) is 0 Å². The van der Waals surface area contributed by atoms with Crippen molar-refractivity contribution in [2.45, 2.75) is 127 Å². The van der Waals surface area contributed by atoms with E-state index in [4.69, 9.17) is 13.3 Å². The molecule has 2 aliphatic rings. The van der Waals surface area contributed by atoms with E-state index >= 15 is 0 Å². The first-order valence-corrected chi connectivity index (χ1v) is 15.4. The summed E-state index contributed by atoms with van der Waals surface area (Å²) in [5, 5.41) is -0.622. The van der Waals surface area contributed by atoms with Crippen LogP contribution in [0, 0.1) is 0 Å². The molecular formula is C23H45O4Si2. The quantitative estimate of drug-likeness (QED) is 0.346. The van der Waals surface area contributed by atoms with Gasteiger partial charge in [0.15, 0.2) is 0 Å². The van der Waals surface area contributed by atoms with E-state index < -0.39 is 22.6 Å². The lowest BCUT2D eigenvalue weighted by Gasteiger charge is -2.50. The molecule has 0 aromatic heterocycles. The first kappa shape index (κ1) is 25.1. The zero-order valence-electron chi connectivity index (χ0n) is 20.1. The zero-order chi connectivity index (χ0) is 21.7. The highest BCUT2D eigenvalue weighted by Gasteiger charge is 2.62. The Balaban J connectivity index is 2.44. The van der Waals surface area contributed by atoms with Crippen LogP contribution in [0.25, 0.3) is 0 Å². The lowest BCUT2D eigenvalue weighted by atomic mass is 10.1. The molecule has 169 valence electrons. The molecule has 29 heavy (non-hydrogen) atoms. The number of rotatable bonds is 10. The van der Waals surface area contributed by atoms with E-state index in [0.29, 0.717) is 30.7 Å². The van der Waals surface area contributed by atoms with E-state index in [1.165, 1.54) is 51.4 Å². The third-order valence-corrected chi connectivity index (χ3v) is 16.5. The average Bonchev–Trinajstić information content (AvgIpc) is 3.38. The van der Waals surface area contributed by atoms with Crippen molar-refractivity contribution in [3.05, 3.63) is 0 Å². The molecule has 0 spiro atoms. The summed E-state index contributed by atoms with van der Waals surface area (Å²) in [6.07, 6.45) is 10.8. The van der Waals surface area contributed by atoms with Crippen LogP contribution >= 0.6 is 0 Å². The minimum absolute atomic E-state index is 0.0313. The van der Waals surface area contributed by atoms with Crippen LogP contribution in [0.4, 0.5) is 0 Å². The molecule has 2 saturated carbocycles. The molecule has 0 heterocycles. The smallest absolute Gasteiger partial charge is 0.402 e. The van der Waals surface area contributed by atoms with E-state index in [0.717, 1.165) is 0 Å². The lowest BCUT2D eigenvalue weighted by molar-refractivity contribution is -0.140. The Kier molecular flexibility index (Phi) is 9.02. The first-order chi connectivity index (χ1) is 13.7. The topological polar surface area (TPSA) is 44.8 Å². The lowest BCUT2D eigenvalue weighted by Crippen LogP contribution is -2.57. The van der Waals surface area contributed by atoms with Gasteiger partial charge >= 0.3 is 9.28 Å². The third-order valence-electron chi connectivity index (χ3n) is 7.52. The molecule has 0 bridgehead atoms. The van der Waals surface area contributed by atoms with Crippen LogP contribution in [0.3, 0.4) is 0 Å². The number of hydrogen-bond donors (Lipinski definition) is 0. The second-order valence-electron chi connectivity index (χ2n) is 10.2.